The second-order valence-corrected chi connectivity index (χ2v) is 5.71. The fourth-order valence-corrected chi connectivity index (χ4v) is 4.33. The van der Waals surface area contributed by atoms with Gasteiger partial charge in [0.05, 0.1) is 13.2 Å². The number of hydrogen-bond acceptors (Lipinski definition) is 2. The molecule has 2 bridgehead atoms. The first-order valence-corrected chi connectivity index (χ1v) is 6.58. The molecule has 3 atom stereocenters. The van der Waals surface area contributed by atoms with E-state index in [1.165, 1.54) is 24.8 Å². The zero-order valence-corrected chi connectivity index (χ0v) is 10.0. The summed E-state index contributed by atoms with van der Waals surface area (Å²) < 4.78 is 0. The van der Waals surface area contributed by atoms with Crippen molar-refractivity contribution in [2.75, 3.05) is 13.2 Å². The Hall–Kier alpha value is -0.860. The Balaban J connectivity index is 2.02. The molecule has 3 unspecified atom stereocenters. The van der Waals surface area contributed by atoms with E-state index in [0.717, 1.165) is 0 Å². The van der Waals surface area contributed by atoms with Gasteiger partial charge in [-0.1, -0.05) is 30.3 Å². The SMILES string of the molecule is OCC1(CO)C2CCC(C2)C1c1ccccc1. The van der Waals surface area contributed by atoms with E-state index in [1.54, 1.807) is 0 Å². The topological polar surface area (TPSA) is 40.5 Å². The lowest BCUT2D eigenvalue weighted by molar-refractivity contribution is -0.00842. The molecule has 2 aliphatic rings. The molecule has 17 heavy (non-hydrogen) atoms. The Morgan fingerprint density at radius 2 is 1.76 bits per heavy atom. The molecule has 0 saturated heterocycles. The second kappa shape index (κ2) is 4.11. The highest BCUT2D eigenvalue weighted by Gasteiger charge is 2.57. The maximum atomic E-state index is 9.81. The Morgan fingerprint density at radius 3 is 2.41 bits per heavy atom. The molecule has 0 spiro atoms. The average molecular weight is 232 g/mol. The summed E-state index contributed by atoms with van der Waals surface area (Å²) in [6.45, 7) is 0.231. The van der Waals surface area contributed by atoms with Gasteiger partial charge in [0.2, 0.25) is 0 Å². The molecule has 2 heteroatoms. The summed E-state index contributed by atoms with van der Waals surface area (Å²) >= 11 is 0. The van der Waals surface area contributed by atoms with Gasteiger partial charge in [-0.2, -0.15) is 0 Å². The van der Waals surface area contributed by atoms with E-state index in [1.807, 2.05) is 6.07 Å². The lowest BCUT2D eigenvalue weighted by Crippen LogP contribution is -2.41. The van der Waals surface area contributed by atoms with Crippen LogP contribution in [0.2, 0.25) is 0 Å². The van der Waals surface area contributed by atoms with Crippen LogP contribution in [0.1, 0.15) is 30.7 Å². The highest BCUT2D eigenvalue weighted by Crippen LogP contribution is 2.63. The van der Waals surface area contributed by atoms with Crippen molar-refractivity contribution in [3.63, 3.8) is 0 Å². The number of fused-ring (bicyclic) bond motifs is 2. The van der Waals surface area contributed by atoms with Gasteiger partial charge in [0.1, 0.15) is 0 Å². The molecular weight excluding hydrogens is 212 g/mol. The van der Waals surface area contributed by atoms with Gasteiger partial charge >= 0.3 is 0 Å². The molecule has 1 aromatic rings. The van der Waals surface area contributed by atoms with Gasteiger partial charge < -0.3 is 10.2 Å². The van der Waals surface area contributed by atoms with Gasteiger partial charge in [-0.05, 0) is 42.6 Å². The number of aliphatic hydroxyl groups excluding tert-OH is 2. The second-order valence-electron chi connectivity index (χ2n) is 5.71. The van der Waals surface area contributed by atoms with E-state index in [0.29, 0.717) is 17.8 Å². The number of rotatable bonds is 3. The van der Waals surface area contributed by atoms with Gasteiger partial charge in [-0.3, -0.25) is 0 Å². The van der Waals surface area contributed by atoms with E-state index in [2.05, 4.69) is 24.3 Å². The zero-order valence-electron chi connectivity index (χ0n) is 10.0. The molecule has 0 aliphatic heterocycles. The van der Waals surface area contributed by atoms with Crippen LogP contribution in [-0.4, -0.2) is 23.4 Å². The first-order chi connectivity index (χ1) is 8.31. The van der Waals surface area contributed by atoms with Crippen LogP contribution in [-0.2, 0) is 0 Å². The largest absolute Gasteiger partial charge is 0.396 e. The minimum absolute atomic E-state index is 0.115. The van der Waals surface area contributed by atoms with Crippen molar-refractivity contribution < 1.29 is 10.2 Å². The van der Waals surface area contributed by atoms with Crippen LogP contribution >= 0.6 is 0 Å². The minimum Gasteiger partial charge on any atom is -0.396 e. The van der Waals surface area contributed by atoms with Gasteiger partial charge in [-0.15, -0.1) is 0 Å². The quantitative estimate of drug-likeness (QED) is 0.838. The predicted molar refractivity (Wildman–Crippen MR) is 66.6 cm³/mol. The van der Waals surface area contributed by atoms with Crippen LogP contribution in [0.15, 0.2) is 30.3 Å². The van der Waals surface area contributed by atoms with Crippen LogP contribution in [0, 0.1) is 17.3 Å². The molecule has 2 N–H and O–H groups in total. The van der Waals surface area contributed by atoms with Crippen LogP contribution in [0.4, 0.5) is 0 Å². The third kappa shape index (κ3) is 1.47. The van der Waals surface area contributed by atoms with Crippen molar-refractivity contribution in [2.45, 2.75) is 25.2 Å². The standard InChI is InChI=1S/C15H20O2/c16-9-15(10-17)13-7-6-12(8-13)14(15)11-4-2-1-3-5-11/h1-5,12-14,16-17H,6-10H2. The molecule has 0 amide bonds. The lowest BCUT2D eigenvalue weighted by atomic mass is 9.64. The van der Waals surface area contributed by atoms with E-state index >= 15 is 0 Å². The summed E-state index contributed by atoms with van der Waals surface area (Å²) in [6.07, 6.45) is 3.61. The highest BCUT2D eigenvalue weighted by molar-refractivity contribution is 5.28. The van der Waals surface area contributed by atoms with Crippen LogP contribution < -0.4 is 0 Å². The molecule has 3 rings (SSSR count). The normalized spacial score (nSPS) is 34.1. The first-order valence-electron chi connectivity index (χ1n) is 6.58. The first kappa shape index (κ1) is 11.2. The van der Waals surface area contributed by atoms with Gasteiger partial charge in [-0.25, -0.2) is 0 Å². The summed E-state index contributed by atoms with van der Waals surface area (Å²) in [4.78, 5) is 0. The van der Waals surface area contributed by atoms with Gasteiger partial charge in [0, 0.05) is 5.41 Å². The summed E-state index contributed by atoms with van der Waals surface area (Å²) in [5.41, 5.74) is 1.02. The van der Waals surface area contributed by atoms with E-state index in [9.17, 15) is 10.2 Å². The third-order valence-corrected chi connectivity index (χ3v) is 5.12. The molecule has 1 aromatic carbocycles. The molecule has 0 heterocycles. The maximum Gasteiger partial charge on any atom is 0.0518 e. The van der Waals surface area contributed by atoms with Crippen molar-refractivity contribution >= 4 is 0 Å². The molecule has 2 fully saturated rings. The molecule has 0 radical (unpaired) electrons. The molecule has 92 valence electrons. The molecule has 0 aromatic heterocycles. The highest BCUT2D eigenvalue weighted by atomic mass is 16.3. The molecule has 2 aliphatic carbocycles. The summed E-state index contributed by atoms with van der Waals surface area (Å²) in [7, 11) is 0. The van der Waals surface area contributed by atoms with Gasteiger partial charge in [0.25, 0.3) is 0 Å². The Labute approximate surface area is 102 Å². The summed E-state index contributed by atoms with van der Waals surface area (Å²) in [5, 5.41) is 19.6. The van der Waals surface area contributed by atoms with Crippen LogP contribution in [0.25, 0.3) is 0 Å². The van der Waals surface area contributed by atoms with Crippen molar-refractivity contribution in [1.82, 2.24) is 0 Å². The van der Waals surface area contributed by atoms with Gasteiger partial charge in [0.15, 0.2) is 0 Å². The lowest BCUT2D eigenvalue weighted by Gasteiger charge is -2.41. The molecular formula is C15H20O2. The third-order valence-electron chi connectivity index (χ3n) is 5.12. The van der Waals surface area contributed by atoms with E-state index < -0.39 is 0 Å². The Bertz CT molecular complexity index is 383. The van der Waals surface area contributed by atoms with Crippen molar-refractivity contribution in [3.8, 4) is 0 Å². The van der Waals surface area contributed by atoms with Crippen LogP contribution in [0.5, 0.6) is 0 Å². The van der Waals surface area contributed by atoms with Crippen molar-refractivity contribution in [2.24, 2.45) is 17.3 Å². The fourth-order valence-electron chi connectivity index (χ4n) is 4.33. The van der Waals surface area contributed by atoms with Crippen molar-refractivity contribution in [3.05, 3.63) is 35.9 Å². The fraction of sp³-hybridized carbons (Fsp3) is 0.600. The number of aliphatic hydroxyl groups is 2. The van der Waals surface area contributed by atoms with E-state index in [4.69, 9.17) is 0 Å². The predicted octanol–water partition coefficient (Wildman–Crippen LogP) is 2.17. The average Bonchev–Trinajstić information content (AvgIpc) is 2.98. The maximum absolute atomic E-state index is 9.81. The van der Waals surface area contributed by atoms with Crippen LogP contribution in [0.3, 0.4) is 0 Å². The minimum atomic E-state index is -0.274. The zero-order chi connectivity index (χ0) is 11.9. The Morgan fingerprint density at radius 1 is 1.06 bits per heavy atom. The van der Waals surface area contributed by atoms with E-state index in [-0.39, 0.29) is 18.6 Å². The smallest absolute Gasteiger partial charge is 0.0518 e. The summed E-state index contributed by atoms with van der Waals surface area (Å²) in [5.74, 6) is 1.51. The monoisotopic (exact) mass is 232 g/mol. The molecule has 2 nitrogen and oxygen atoms in total. The summed E-state index contributed by atoms with van der Waals surface area (Å²) in [6, 6.07) is 10.4. The number of hydrogen-bond donors (Lipinski definition) is 2. The number of benzene rings is 1. The van der Waals surface area contributed by atoms with Crippen molar-refractivity contribution in [1.29, 1.82) is 0 Å². The molecule has 2 saturated carbocycles. The Kier molecular flexibility index (Phi) is 2.72.